The first-order valence-electron chi connectivity index (χ1n) is 6.54. The molecular formula is C13H21N3O. The number of hydrogen-bond acceptors (Lipinski definition) is 3. The molecule has 4 nitrogen and oxygen atoms in total. The Balaban J connectivity index is 2.19. The average Bonchev–Trinajstić information content (AvgIpc) is 2.81. The van der Waals surface area contributed by atoms with E-state index in [2.05, 4.69) is 9.97 Å². The van der Waals surface area contributed by atoms with Crippen LogP contribution in [0.3, 0.4) is 0 Å². The highest BCUT2D eigenvalue weighted by Crippen LogP contribution is 2.32. The maximum atomic E-state index is 11.6. The summed E-state index contributed by atoms with van der Waals surface area (Å²) in [5.74, 6) is 1.22. The van der Waals surface area contributed by atoms with Crippen molar-refractivity contribution in [2.24, 2.45) is 5.73 Å². The van der Waals surface area contributed by atoms with Crippen LogP contribution in [0.5, 0.6) is 0 Å². The van der Waals surface area contributed by atoms with Crippen molar-refractivity contribution in [3.63, 3.8) is 0 Å². The zero-order valence-electron chi connectivity index (χ0n) is 10.4. The molecule has 1 heterocycles. The Morgan fingerprint density at radius 1 is 1.53 bits per heavy atom. The van der Waals surface area contributed by atoms with Crippen molar-refractivity contribution in [2.75, 3.05) is 0 Å². The fourth-order valence-corrected chi connectivity index (χ4v) is 2.45. The molecule has 3 N–H and O–H groups in total. The summed E-state index contributed by atoms with van der Waals surface area (Å²) in [6, 6.07) is 1.73. The van der Waals surface area contributed by atoms with E-state index >= 15 is 0 Å². The van der Waals surface area contributed by atoms with Gasteiger partial charge in [0.05, 0.1) is 5.69 Å². The highest BCUT2D eigenvalue weighted by Gasteiger charge is 2.19. The Bertz CT molecular complexity index is 421. The Labute approximate surface area is 102 Å². The maximum Gasteiger partial charge on any atom is 0.251 e. The number of hydrogen-bond donors (Lipinski definition) is 2. The highest BCUT2D eigenvalue weighted by molar-refractivity contribution is 5.10. The lowest BCUT2D eigenvalue weighted by molar-refractivity contribution is 0.610. The Kier molecular flexibility index (Phi) is 3.94. The van der Waals surface area contributed by atoms with Crippen LogP contribution in [0.2, 0.25) is 0 Å². The molecule has 1 aliphatic carbocycles. The lowest BCUT2D eigenvalue weighted by atomic mass is 10.0. The third-order valence-corrected chi connectivity index (χ3v) is 3.56. The van der Waals surface area contributed by atoms with Crippen LogP contribution < -0.4 is 11.3 Å². The van der Waals surface area contributed by atoms with Crippen molar-refractivity contribution >= 4 is 0 Å². The summed E-state index contributed by atoms with van der Waals surface area (Å²) in [5.41, 5.74) is 6.82. The summed E-state index contributed by atoms with van der Waals surface area (Å²) in [6.45, 7) is 2.05. The predicted molar refractivity (Wildman–Crippen MR) is 68.0 cm³/mol. The van der Waals surface area contributed by atoms with Gasteiger partial charge in [-0.05, 0) is 19.3 Å². The number of nitrogens with zero attached hydrogens (tertiary/aromatic N) is 1. The van der Waals surface area contributed by atoms with Crippen LogP contribution in [0, 0.1) is 0 Å². The monoisotopic (exact) mass is 235 g/mol. The predicted octanol–water partition coefficient (Wildman–Crippen LogP) is 1.71. The molecule has 1 saturated carbocycles. The van der Waals surface area contributed by atoms with Crippen LogP contribution in [-0.4, -0.2) is 16.0 Å². The minimum atomic E-state index is -0.0415. The first-order valence-corrected chi connectivity index (χ1v) is 6.54. The van der Waals surface area contributed by atoms with Crippen LogP contribution in [0.4, 0.5) is 0 Å². The smallest absolute Gasteiger partial charge is 0.251 e. The zero-order valence-corrected chi connectivity index (χ0v) is 10.4. The lowest BCUT2D eigenvalue weighted by Crippen LogP contribution is -2.25. The number of aromatic nitrogens is 2. The SMILES string of the molecule is CCC(N)Cc1nc(C2CCCC2)cc(=O)[nH]1. The number of rotatable bonds is 4. The minimum Gasteiger partial charge on any atom is -0.327 e. The Morgan fingerprint density at radius 3 is 2.88 bits per heavy atom. The van der Waals surface area contributed by atoms with Crippen molar-refractivity contribution in [1.29, 1.82) is 0 Å². The molecule has 0 saturated heterocycles. The van der Waals surface area contributed by atoms with E-state index in [-0.39, 0.29) is 11.6 Å². The normalized spacial score (nSPS) is 18.5. The second kappa shape index (κ2) is 5.45. The van der Waals surface area contributed by atoms with Gasteiger partial charge in [0.15, 0.2) is 0 Å². The quantitative estimate of drug-likeness (QED) is 0.834. The number of aromatic amines is 1. The van der Waals surface area contributed by atoms with Crippen molar-refractivity contribution in [2.45, 2.75) is 57.4 Å². The Morgan fingerprint density at radius 2 is 2.24 bits per heavy atom. The third-order valence-electron chi connectivity index (χ3n) is 3.56. The van der Waals surface area contributed by atoms with Gasteiger partial charge in [0, 0.05) is 24.4 Å². The fourth-order valence-electron chi connectivity index (χ4n) is 2.45. The standard InChI is InChI=1S/C13H21N3O/c1-2-10(14)7-12-15-11(8-13(17)16-12)9-5-3-4-6-9/h8-10H,2-7,14H2,1H3,(H,15,16,17). The van der Waals surface area contributed by atoms with Gasteiger partial charge in [-0.3, -0.25) is 4.79 Å². The summed E-state index contributed by atoms with van der Waals surface area (Å²) in [7, 11) is 0. The van der Waals surface area contributed by atoms with E-state index in [1.54, 1.807) is 6.07 Å². The number of nitrogens with one attached hydrogen (secondary N) is 1. The molecule has 0 bridgehead atoms. The zero-order chi connectivity index (χ0) is 12.3. The van der Waals surface area contributed by atoms with E-state index in [1.165, 1.54) is 12.8 Å². The first kappa shape index (κ1) is 12.3. The largest absolute Gasteiger partial charge is 0.327 e. The molecule has 1 atom stereocenters. The topological polar surface area (TPSA) is 71.8 Å². The van der Waals surface area contributed by atoms with Crippen LogP contribution in [0.25, 0.3) is 0 Å². The van der Waals surface area contributed by atoms with Gasteiger partial charge in [-0.1, -0.05) is 19.8 Å². The number of nitrogens with two attached hydrogens (primary N) is 1. The van der Waals surface area contributed by atoms with Gasteiger partial charge >= 0.3 is 0 Å². The first-order chi connectivity index (χ1) is 8.19. The lowest BCUT2D eigenvalue weighted by Gasteiger charge is -2.11. The molecule has 1 fully saturated rings. The molecule has 94 valence electrons. The molecule has 1 aromatic heterocycles. The van der Waals surface area contributed by atoms with Crippen molar-refractivity contribution in [3.8, 4) is 0 Å². The molecule has 2 rings (SSSR count). The molecule has 4 heteroatoms. The molecule has 1 aromatic rings. The summed E-state index contributed by atoms with van der Waals surface area (Å²) >= 11 is 0. The average molecular weight is 235 g/mol. The maximum absolute atomic E-state index is 11.6. The van der Waals surface area contributed by atoms with Crippen LogP contribution in [0.15, 0.2) is 10.9 Å². The van der Waals surface area contributed by atoms with E-state index in [0.29, 0.717) is 12.3 Å². The molecule has 0 spiro atoms. The Hall–Kier alpha value is -1.16. The second-order valence-electron chi connectivity index (χ2n) is 4.97. The van der Waals surface area contributed by atoms with E-state index in [0.717, 1.165) is 30.8 Å². The molecule has 0 amide bonds. The van der Waals surface area contributed by atoms with Gasteiger partial charge in [-0.15, -0.1) is 0 Å². The summed E-state index contributed by atoms with van der Waals surface area (Å²) in [6.07, 6.45) is 6.39. The molecule has 1 unspecified atom stereocenters. The molecule has 0 radical (unpaired) electrons. The summed E-state index contributed by atoms with van der Waals surface area (Å²) < 4.78 is 0. The van der Waals surface area contributed by atoms with E-state index in [1.807, 2.05) is 6.92 Å². The molecule has 0 aromatic carbocycles. The van der Waals surface area contributed by atoms with E-state index < -0.39 is 0 Å². The summed E-state index contributed by atoms with van der Waals surface area (Å²) in [5, 5.41) is 0. The van der Waals surface area contributed by atoms with Crippen LogP contribution >= 0.6 is 0 Å². The van der Waals surface area contributed by atoms with Gasteiger partial charge < -0.3 is 10.7 Å². The summed E-state index contributed by atoms with van der Waals surface area (Å²) in [4.78, 5) is 19.0. The molecule has 17 heavy (non-hydrogen) atoms. The van der Waals surface area contributed by atoms with Crippen molar-refractivity contribution < 1.29 is 0 Å². The molecule has 1 aliphatic rings. The third kappa shape index (κ3) is 3.16. The molecular weight excluding hydrogens is 214 g/mol. The van der Waals surface area contributed by atoms with Crippen molar-refractivity contribution in [3.05, 3.63) is 27.9 Å². The minimum absolute atomic E-state index is 0.0415. The highest BCUT2D eigenvalue weighted by atomic mass is 16.1. The van der Waals surface area contributed by atoms with Crippen molar-refractivity contribution in [1.82, 2.24) is 9.97 Å². The van der Waals surface area contributed by atoms with Gasteiger partial charge in [-0.25, -0.2) is 4.98 Å². The van der Waals surface area contributed by atoms with E-state index in [9.17, 15) is 4.79 Å². The van der Waals surface area contributed by atoms with Gasteiger partial charge in [0.1, 0.15) is 5.82 Å². The van der Waals surface area contributed by atoms with Crippen LogP contribution in [0.1, 0.15) is 56.5 Å². The van der Waals surface area contributed by atoms with Crippen LogP contribution in [-0.2, 0) is 6.42 Å². The van der Waals surface area contributed by atoms with E-state index in [4.69, 9.17) is 5.73 Å². The number of H-pyrrole nitrogens is 1. The fraction of sp³-hybridized carbons (Fsp3) is 0.692. The van der Waals surface area contributed by atoms with Gasteiger partial charge in [0.2, 0.25) is 0 Å². The van der Waals surface area contributed by atoms with Gasteiger partial charge in [0.25, 0.3) is 5.56 Å². The van der Waals surface area contributed by atoms with Gasteiger partial charge in [-0.2, -0.15) is 0 Å². The second-order valence-corrected chi connectivity index (χ2v) is 4.97. The molecule has 0 aliphatic heterocycles.